The molecule has 1 fully saturated rings. The van der Waals surface area contributed by atoms with Gasteiger partial charge in [0.05, 0.1) is 6.42 Å². The number of nitrogens with two attached hydrogens (primary N) is 1. The Balaban J connectivity index is 1.76. The Labute approximate surface area is 117 Å². The fraction of sp³-hybridized carbons (Fsp3) is 0.533. The summed E-state index contributed by atoms with van der Waals surface area (Å²) in [5.41, 5.74) is 6.31. The summed E-state index contributed by atoms with van der Waals surface area (Å²) in [4.78, 5) is 11.8. The second-order valence-electron chi connectivity index (χ2n) is 5.51. The third-order valence-corrected chi connectivity index (χ3v) is 3.83. The van der Waals surface area contributed by atoms with Crippen LogP contribution in [0.1, 0.15) is 31.2 Å². The number of hydrogen-bond donors (Lipinski definition) is 2. The van der Waals surface area contributed by atoms with Crippen molar-refractivity contribution in [2.75, 3.05) is 6.54 Å². The molecule has 0 aromatic heterocycles. The first-order valence-corrected chi connectivity index (χ1v) is 7.01. The van der Waals surface area contributed by atoms with Crippen LogP contribution in [0.4, 0.5) is 8.78 Å². The predicted molar refractivity (Wildman–Crippen MR) is 73.0 cm³/mol. The minimum atomic E-state index is -0.920. The highest BCUT2D eigenvalue weighted by Gasteiger charge is 2.19. The molecule has 0 spiro atoms. The van der Waals surface area contributed by atoms with Crippen molar-refractivity contribution in [2.24, 2.45) is 11.7 Å². The molecule has 0 saturated heterocycles. The van der Waals surface area contributed by atoms with E-state index < -0.39 is 11.6 Å². The van der Waals surface area contributed by atoms with Crippen LogP contribution in [0, 0.1) is 17.6 Å². The predicted octanol–water partition coefficient (Wildman–Crippen LogP) is 2.14. The van der Waals surface area contributed by atoms with E-state index >= 15 is 0 Å². The SMILES string of the molecule is NC1CCC(CNC(=O)Cc2ccc(F)c(F)c2)CC1. The number of nitrogens with one attached hydrogen (secondary N) is 1. The number of hydrogen-bond acceptors (Lipinski definition) is 2. The van der Waals surface area contributed by atoms with Crippen LogP contribution in [0.15, 0.2) is 18.2 Å². The van der Waals surface area contributed by atoms with Gasteiger partial charge in [-0.1, -0.05) is 6.07 Å². The molecule has 1 aromatic carbocycles. The lowest BCUT2D eigenvalue weighted by Crippen LogP contribution is -2.34. The van der Waals surface area contributed by atoms with E-state index in [0.29, 0.717) is 24.1 Å². The Morgan fingerprint density at radius 2 is 1.90 bits per heavy atom. The van der Waals surface area contributed by atoms with Crippen molar-refractivity contribution < 1.29 is 13.6 Å². The quantitative estimate of drug-likeness (QED) is 0.889. The molecule has 0 unspecified atom stereocenters. The normalized spacial score (nSPS) is 22.6. The molecule has 1 aliphatic rings. The van der Waals surface area contributed by atoms with Crippen molar-refractivity contribution in [3.63, 3.8) is 0 Å². The summed E-state index contributed by atoms with van der Waals surface area (Å²) in [6.45, 7) is 0.634. The first kappa shape index (κ1) is 14.9. The lowest BCUT2D eigenvalue weighted by atomic mass is 9.86. The van der Waals surface area contributed by atoms with Crippen molar-refractivity contribution in [1.82, 2.24) is 5.32 Å². The Hall–Kier alpha value is -1.49. The number of rotatable bonds is 4. The maximum Gasteiger partial charge on any atom is 0.224 e. The van der Waals surface area contributed by atoms with Gasteiger partial charge >= 0.3 is 0 Å². The number of carbonyl (C=O) groups is 1. The van der Waals surface area contributed by atoms with Gasteiger partial charge in [-0.05, 0) is 49.3 Å². The molecule has 0 bridgehead atoms. The van der Waals surface area contributed by atoms with E-state index in [4.69, 9.17) is 5.73 Å². The number of benzene rings is 1. The molecule has 0 aliphatic heterocycles. The molecule has 0 atom stereocenters. The van der Waals surface area contributed by atoms with Gasteiger partial charge < -0.3 is 11.1 Å². The molecule has 1 aliphatic carbocycles. The summed E-state index contributed by atoms with van der Waals surface area (Å²) in [5.74, 6) is -1.50. The zero-order valence-corrected chi connectivity index (χ0v) is 11.4. The summed E-state index contributed by atoms with van der Waals surface area (Å²) >= 11 is 0. The molecule has 20 heavy (non-hydrogen) atoms. The summed E-state index contributed by atoms with van der Waals surface area (Å²) in [5, 5.41) is 2.85. The van der Waals surface area contributed by atoms with Crippen molar-refractivity contribution in [1.29, 1.82) is 0 Å². The molecule has 5 heteroatoms. The van der Waals surface area contributed by atoms with Crippen LogP contribution >= 0.6 is 0 Å². The van der Waals surface area contributed by atoms with E-state index in [1.807, 2.05) is 0 Å². The zero-order valence-electron chi connectivity index (χ0n) is 11.4. The number of amides is 1. The van der Waals surface area contributed by atoms with Gasteiger partial charge in [0.15, 0.2) is 11.6 Å². The maximum absolute atomic E-state index is 13.0. The van der Waals surface area contributed by atoms with Gasteiger partial charge in [-0.25, -0.2) is 8.78 Å². The molecule has 1 amide bonds. The topological polar surface area (TPSA) is 55.1 Å². The molecule has 3 N–H and O–H groups in total. The summed E-state index contributed by atoms with van der Waals surface area (Å²) in [6.07, 6.45) is 4.15. The Bertz CT molecular complexity index is 471. The van der Waals surface area contributed by atoms with Crippen LogP contribution < -0.4 is 11.1 Å². The smallest absolute Gasteiger partial charge is 0.224 e. The Kier molecular flexibility index (Phi) is 5.06. The van der Waals surface area contributed by atoms with Gasteiger partial charge in [-0.2, -0.15) is 0 Å². The van der Waals surface area contributed by atoms with Crippen molar-refractivity contribution in [3.8, 4) is 0 Å². The average molecular weight is 282 g/mol. The number of carbonyl (C=O) groups excluding carboxylic acids is 1. The molecule has 1 saturated carbocycles. The number of halogens is 2. The zero-order chi connectivity index (χ0) is 14.5. The lowest BCUT2D eigenvalue weighted by Gasteiger charge is -2.26. The lowest BCUT2D eigenvalue weighted by molar-refractivity contribution is -0.120. The van der Waals surface area contributed by atoms with E-state index in [-0.39, 0.29) is 12.3 Å². The monoisotopic (exact) mass is 282 g/mol. The summed E-state index contributed by atoms with van der Waals surface area (Å²) in [7, 11) is 0. The van der Waals surface area contributed by atoms with Gasteiger partial charge in [-0.15, -0.1) is 0 Å². The highest BCUT2D eigenvalue weighted by atomic mass is 19.2. The van der Waals surface area contributed by atoms with Gasteiger partial charge in [0.25, 0.3) is 0 Å². The van der Waals surface area contributed by atoms with Gasteiger partial charge in [0.1, 0.15) is 0 Å². The van der Waals surface area contributed by atoms with E-state index in [1.165, 1.54) is 6.07 Å². The van der Waals surface area contributed by atoms with Crippen LogP contribution in [0.2, 0.25) is 0 Å². The third kappa shape index (κ3) is 4.27. The van der Waals surface area contributed by atoms with Gasteiger partial charge in [0, 0.05) is 12.6 Å². The van der Waals surface area contributed by atoms with Crippen LogP contribution in [0.25, 0.3) is 0 Å². The first-order valence-electron chi connectivity index (χ1n) is 7.01. The second kappa shape index (κ2) is 6.79. The molecule has 3 nitrogen and oxygen atoms in total. The van der Waals surface area contributed by atoms with Gasteiger partial charge in [-0.3, -0.25) is 4.79 Å². The van der Waals surface area contributed by atoms with Gasteiger partial charge in [0.2, 0.25) is 5.91 Å². The minimum Gasteiger partial charge on any atom is -0.356 e. The standard InChI is InChI=1S/C15H20F2N2O/c16-13-6-3-11(7-14(13)17)8-15(20)19-9-10-1-4-12(18)5-2-10/h3,6-7,10,12H,1-2,4-5,8-9,18H2,(H,19,20). The second-order valence-corrected chi connectivity index (χ2v) is 5.51. The summed E-state index contributed by atoms with van der Waals surface area (Å²) in [6, 6.07) is 3.83. The molecule has 0 heterocycles. The molecule has 0 radical (unpaired) electrons. The van der Waals surface area contributed by atoms with E-state index in [2.05, 4.69) is 5.32 Å². The van der Waals surface area contributed by atoms with Crippen LogP contribution in [-0.2, 0) is 11.2 Å². The van der Waals surface area contributed by atoms with E-state index in [9.17, 15) is 13.6 Å². The van der Waals surface area contributed by atoms with Crippen molar-refractivity contribution in [2.45, 2.75) is 38.1 Å². The fourth-order valence-electron chi connectivity index (χ4n) is 2.55. The minimum absolute atomic E-state index is 0.0729. The fourth-order valence-corrected chi connectivity index (χ4v) is 2.55. The van der Waals surface area contributed by atoms with E-state index in [0.717, 1.165) is 37.8 Å². The summed E-state index contributed by atoms with van der Waals surface area (Å²) < 4.78 is 25.8. The average Bonchev–Trinajstić information content (AvgIpc) is 2.42. The maximum atomic E-state index is 13.0. The van der Waals surface area contributed by atoms with Crippen LogP contribution in [0.5, 0.6) is 0 Å². The van der Waals surface area contributed by atoms with Crippen molar-refractivity contribution in [3.05, 3.63) is 35.4 Å². The molecule has 2 rings (SSSR count). The molecular weight excluding hydrogens is 262 g/mol. The van der Waals surface area contributed by atoms with E-state index in [1.54, 1.807) is 0 Å². The molecule has 110 valence electrons. The first-order chi connectivity index (χ1) is 9.54. The highest BCUT2D eigenvalue weighted by Crippen LogP contribution is 2.22. The Morgan fingerprint density at radius 3 is 2.55 bits per heavy atom. The van der Waals surface area contributed by atoms with Crippen LogP contribution in [-0.4, -0.2) is 18.5 Å². The van der Waals surface area contributed by atoms with Crippen LogP contribution in [0.3, 0.4) is 0 Å². The largest absolute Gasteiger partial charge is 0.356 e. The third-order valence-electron chi connectivity index (χ3n) is 3.83. The molecule has 1 aromatic rings. The Morgan fingerprint density at radius 1 is 1.20 bits per heavy atom. The highest BCUT2D eigenvalue weighted by molar-refractivity contribution is 5.78. The van der Waals surface area contributed by atoms with Crippen molar-refractivity contribution >= 4 is 5.91 Å². The molecular formula is C15H20F2N2O.